The molecule has 0 aromatic rings. The summed E-state index contributed by atoms with van der Waals surface area (Å²) in [6, 6.07) is 0. The maximum absolute atomic E-state index is 12.6. The van der Waals surface area contributed by atoms with Crippen LogP contribution in [0.15, 0.2) is 11.6 Å². The lowest BCUT2D eigenvalue weighted by atomic mass is 9.50. The summed E-state index contributed by atoms with van der Waals surface area (Å²) in [6.07, 6.45) is 14.6. The summed E-state index contributed by atoms with van der Waals surface area (Å²) in [6.45, 7) is 7.57. The first-order chi connectivity index (χ1) is 13.5. The Kier molecular flexibility index (Phi) is 4.99. The Morgan fingerprint density at radius 3 is 2.75 bits per heavy atom. The molecule has 0 spiro atoms. The Hall–Kier alpha value is -0.670. The lowest BCUT2D eigenvalue weighted by Gasteiger charge is -2.58. The van der Waals surface area contributed by atoms with E-state index in [0.717, 1.165) is 57.3 Å². The van der Waals surface area contributed by atoms with E-state index in [4.69, 9.17) is 9.47 Å². The normalized spacial score (nSPS) is 46.5. The molecule has 4 fully saturated rings. The van der Waals surface area contributed by atoms with Gasteiger partial charge in [0.1, 0.15) is 5.78 Å². The summed E-state index contributed by atoms with van der Waals surface area (Å²) >= 11 is 0. The van der Waals surface area contributed by atoms with Crippen LogP contribution in [-0.4, -0.2) is 31.7 Å². The van der Waals surface area contributed by atoms with Gasteiger partial charge in [-0.2, -0.15) is 0 Å². The van der Waals surface area contributed by atoms with E-state index in [1.54, 1.807) is 5.57 Å². The molecule has 2 aliphatic heterocycles. The first-order valence-corrected chi connectivity index (χ1v) is 11.9. The van der Waals surface area contributed by atoms with Gasteiger partial charge in [-0.05, 0) is 81.5 Å². The highest BCUT2D eigenvalue weighted by Crippen LogP contribution is 2.62. The van der Waals surface area contributed by atoms with Crippen LogP contribution in [0.5, 0.6) is 0 Å². The van der Waals surface area contributed by atoms with Crippen molar-refractivity contribution in [3.8, 4) is 0 Å². The van der Waals surface area contributed by atoms with E-state index >= 15 is 0 Å². The molecule has 0 N–H and O–H groups in total. The van der Waals surface area contributed by atoms with Gasteiger partial charge in [-0.3, -0.25) is 4.79 Å². The fraction of sp³-hybridized carbons (Fsp3) is 0.880. The standard InChI is InChI=1S/C25H38O3/c1-24-12-8-21-19(20(24)5-6-22(24)26)16-28-23-15-18(7-11-25(21,23)2)4-3-17-9-13-27-14-10-17/h7,17,19-21,23H,3-6,8-16H2,1-2H3/t19?,20?,21?,23?,24-,25+/m0/s1. The van der Waals surface area contributed by atoms with Crippen LogP contribution in [0.25, 0.3) is 0 Å². The summed E-state index contributed by atoms with van der Waals surface area (Å²) in [4.78, 5) is 12.6. The van der Waals surface area contributed by atoms with Crippen molar-refractivity contribution in [2.45, 2.75) is 84.2 Å². The largest absolute Gasteiger partial charge is 0.381 e. The van der Waals surface area contributed by atoms with Crippen molar-refractivity contribution in [1.82, 2.24) is 0 Å². The number of allylic oxidation sites excluding steroid dienone is 1. The maximum Gasteiger partial charge on any atom is 0.139 e. The van der Waals surface area contributed by atoms with Crippen molar-refractivity contribution in [3.63, 3.8) is 0 Å². The molecular formula is C25H38O3. The molecular weight excluding hydrogens is 348 g/mol. The molecule has 0 radical (unpaired) electrons. The molecule has 0 bridgehead atoms. The van der Waals surface area contributed by atoms with Crippen molar-refractivity contribution in [2.24, 2.45) is 34.5 Å². The lowest BCUT2D eigenvalue weighted by Crippen LogP contribution is -2.57. The number of fused-ring (bicyclic) bond motifs is 5. The van der Waals surface area contributed by atoms with Crippen molar-refractivity contribution in [1.29, 1.82) is 0 Å². The van der Waals surface area contributed by atoms with E-state index in [-0.39, 0.29) is 10.8 Å². The van der Waals surface area contributed by atoms with Gasteiger partial charge in [0.2, 0.25) is 0 Å². The molecule has 2 saturated heterocycles. The van der Waals surface area contributed by atoms with E-state index in [1.807, 2.05) is 0 Å². The smallest absolute Gasteiger partial charge is 0.139 e. The molecule has 5 rings (SSSR count). The molecule has 3 aliphatic carbocycles. The lowest BCUT2D eigenvalue weighted by molar-refractivity contribution is -0.185. The summed E-state index contributed by atoms with van der Waals surface area (Å²) in [5.41, 5.74) is 1.87. The monoisotopic (exact) mass is 386 g/mol. The van der Waals surface area contributed by atoms with Crippen molar-refractivity contribution in [3.05, 3.63) is 11.6 Å². The van der Waals surface area contributed by atoms with Gasteiger partial charge in [-0.15, -0.1) is 0 Å². The second-order valence-electron chi connectivity index (χ2n) is 11.0. The number of rotatable bonds is 3. The summed E-state index contributed by atoms with van der Waals surface area (Å²) in [5.74, 6) is 3.29. The molecule has 156 valence electrons. The van der Waals surface area contributed by atoms with Crippen LogP contribution < -0.4 is 0 Å². The van der Waals surface area contributed by atoms with E-state index in [9.17, 15) is 4.79 Å². The van der Waals surface area contributed by atoms with Crippen LogP contribution in [0.3, 0.4) is 0 Å². The predicted octanol–water partition coefficient (Wildman–Crippen LogP) is 5.33. The van der Waals surface area contributed by atoms with Crippen LogP contribution in [0.1, 0.15) is 78.1 Å². The SMILES string of the molecule is C[C@]12CC=C(CCC3CCOCC3)CC1OCC1C2CC[C@]2(C)C(=O)CCC12. The van der Waals surface area contributed by atoms with Crippen molar-refractivity contribution >= 4 is 5.78 Å². The minimum absolute atomic E-state index is 0.0485. The Labute approximate surface area is 170 Å². The third kappa shape index (κ3) is 3.03. The molecule has 2 heterocycles. The Bertz CT molecular complexity index is 648. The molecule has 0 aromatic heterocycles. The zero-order chi connectivity index (χ0) is 19.4. The first kappa shape index (κ1) is 19.3. The average molecular weight is 387 g/mol. The molecule has 3 heteroatoms. The molecule has 6 atom stereocenters. The first-order valence-electron chi connectivity index (χ1n) is 11.9. The Balaban J connectivity index is 1.27. The number of hydrogen-bond acceptors (Lipinski definition) is 3. The zero-order valence-electron chi connectivity index (χ0n) is 17.9. The number of ketones is 1. The summed E-state index contributed by atoms with van der Waals surface area (Å²) in [7, 11) is 0. The molecule has 28 heavy (non-hydrogen) atoms. The van der Waals surface area contributed by atoms with E-state index in [0.29, 0.717) is 23.7 Å². The van der Waals surface area contributed by atoms with Gasteiger partial charge < -0.3 is 9.47 Å². The van der Waals surface area contributed by atoms with E-state index < -0.39 is 0 Å². The fourth-order valence-corrected chi connectivity index (χ4v) is 7.66. The van der Waals surface area contributed by atoms with E-state index in [1.165, 1.54) is 38.5 Å². The van der Waals surface area contributed by atoms with Gasteiger partial charge in [0.15, 0.2) is 0 Å². The van der Waals surface area contributed by atoms with Crippen molar-refractivity contribution < 1.29 is 14.3 Å². The highest BCUT2D eigenvalue weighted by Gasteiger charge is 2.60. The maximum atomic E-state index is 12.6. The Morgan fingerprint density at radius 2 is 1.93 bits per heavy atom. The van der Waals surface area contributed by atoms with Gasteiger partial charge in [0.25, 0.3) is 0 Å². The van der Waals surface area contributed by atoms with Gasteiger partial charge >= 0.3 is 0 Å². The van der Waals surface area contributed by atoms with Crippen LogP contribution in [0, 0.1) is 34.5 Å². The van der Waals surface area contributed by atoms with Crippen LogP contribution in [-0.2, 0) is 14.3 Å². The van der Waals surface area contributed by atoms with Gasteiger partial charge in [-0.25, -0.2) is 0 Å². The van der Waals surface area contributed by atoms with Gasteiger partial charge in [0, 0.05) is 30.5 Å². The number of ether oxygens (including phenoxy) is 2. The number of hydrogen-bond donors (Lipinski definition) is 0. The topological polar surface area (TPSA) is 35.5 Å². The third-order valence-electron chi connectivity index (χ3n) is 9.71. The molecule has 4 unspecified atom stereocenters. The molecule has 0 amide bonds. The molecule has 0 aromatic carbocycles. The molecule has 5 aliphatic rings. The highest BCUT2D eigenvalue weighted by atomic mass is 16.5. The fourth-order valence-electron chi connectivity index (χ4n) is 7.66. The van der Waals surface area contributed by atoms with Gasteiger partial charge in [-0.1, -0.05) is 25.5 Å². The molecule has 2 saturated carbocycles. The van der Waals surface area contributed by atoms with Gasteiger partial charge in [0.05, 0.1) is 12.7 Å². The predicted molar refractivity (Wildman–Crippen MR) is 110 cm³/mol. The summed E-state index contributed by atoms with van der Waals surface area (Å²) in [5, 5.41) is 0. The third-order valence-corrected chi connectivity index (χ3v) is 9.71. The minimum Gasteiger partial charge on any atom is -0.381 e. The number of carbonyl (C=O) groups excluding carboxylic acids is 1. The second-order valence-corrected chi connectivity index (χ2v) is 11.0. The van der Waals surface area contributed by atoms with Crippen LogP contribution in [0.4, 0.5) is 0 Å². The molecule has 3 nitrogen and oxygen atoms in total. The second kappa shape index (κ2) is 7.23. The minimum atomic E-state index is -0.0485. The van der Waals surface area contributed by atoms with Crippen LogP contribution in [0.2, 0.25) is 0 Å². The Morgan fingerprint density at radius 1 is 1.11 bits per heavy atom. The van der Waals surface area contributed by atoms with E-state index in [2.05, 4.69) is 19.9 Å². The van der Waals surface area contributed by atoms with Crippen molar-refractivity contribution in [2.75, 3.05) is 19.8 Å². The average Bonchev–Trinajstić information content (AvgIpc) is 3.02. The number of Topliss-reactive ketones (excluding diaryl/α,β-unsaturated/α-hetero) is 1. The number of carbonyl (C=O) groups is 1. The quantitative estimate of drug-likeness (QED) is 0.615. The summed E-state index contributed by atoms with van der Waals surface area (Å²) < 4.78 is 12.1. The zero-order valence-corrected chi connectivity index (χ0v) is 17.9. The highest BCUT2D eigenvalue weighted by molar-refractivity contribution is 5.87. The van der Waals surface area contributed by atoms with Crippen LogP contribution >= 0.6 is 0 Å².